The topological polar surface area (TPSA) is 55.5 Å². The highest BCUT2D eigenvalue weighted by molar-refractivity contribution is 9.10. The van der Waals surface area contributed by atoms with Crippen LogP contribution in [0.4, 0.5) is 0 Å². The number of nitrogens with two attached hydrogens (primary N) is 1. The Morgan fingerprint density at radius 2 is 2.18 bits per heavy atom. The summed E-state index contributed by atoms with van der Waals surface area (Å²) in [5, 5.41) is 10.1. The van der Waals surface area contributed by atoms with Gasteiger partial charge in [-0.1, -0.05) is 12.5 Å². The molecule has 0 aromatic heterocycles. The van der Waals surface area contributed by atoms with Crippen molar-refractivity contribution in [3.63, 3.8) is 0 Å². The smallest absolute Gasteiger partial charge is 0.133 e. The lowest BCUT2D eigenvalue weighted by molar-refractivity contribution is 0.0413. The second kappa shape index (κ2) is 5.38. The van der Waals surface area contributed by atoms with Crippen molar-refractivity contribution in [1.29, 1.82) is 0 Å². The highest BCUT2D eigenvalue weighted by Gasteiger charge is 2.30. The van der Waals surface area contributed by atoms with Crippen LogP contribution in [0.2, 0.25) is 0 Å². The van der Waals surface area contributed by atoms with Gasteiger partial charge in [0.05, 0.1) is 23.7 Å². The number of methoxy groups -OCH3 is 1. The Hall–Kier alpha value is -0.580. The molecular formula is C13H18BrNO2. The van der Waals surface area contributed by atoms with Crippen LogP contribution >= 0.6 is 15.9 Å². The minimum Gasteiger partial charge on any atom is -0.496 e. The summed E-state index contributed by atoms with van der Waals surface area (Å²) in [6, 6.07) is 5.39. The molecule has 0 aliphatic heterocycles. The molecule has 1 aromatic rings. The first-order valence-electron chi connectivity index (χ1n) is 5.90. The maximum absolute atomic E-state index is 10.1. The zero-order chi connectivity index (χ0) is 12.4. The van der Waals surface area contributed by atoms with Crippen molar-refractivity contribution in [3.8, 4) is 5.75 Å². The van der Waals surface area contributed by atoms with Gasteiger partial charge < -0.3 is 15.6 Å². The van der Waals surface area contributed by atoms with Crippen LogP contribution in [0.15, 0.2) is 22.7 Å². The average Bonchev–Trinajstić information content (AvgIpc) is 2.25. The molecule has 2 rings (SSSR count). The molecular weight excluding hydrogens is 282 g/mol. The largest absolute Gasteiger partial charge is 0.496 e. The fourth-order valence-corrected chi connectivity index (χ4v) is 2.72. The lowest BCUT2D eigenvalue weighted by atomic mass is 9.77. The predicted octanol–water partition coefficient (Wildman–Crippen LogP) is 2.62. The predicted molar refractivity (Wildman–Crippen MR) is 71.0 cm³/mol. The number of halogens is 1. The molecule has 1 saturated carbocycles. The molecule has 3 N–H and O–H groups in total. The van der Waals surface area contributed by atoms with Crippen molar-refractivity contribution in [3.05, 3.63) is 28.2 Å². The number of rotatable bonds is 4. The molecule has 0 saturated heterocycles. The maximum atomic E-state index is 10.1. The summed E-state index contributed by atoms with van der Waals surface area (Å²) in [6.45, 7) is 0. The zero-order valence-corrected chi connectivity index (χ0v) is 11.5. The molecule has 0 amide bonds. The van der Waals surface area contributed by atoms with Crippen molar-refractivity contribution in [2.75, 3.05) is 7.11 Å². The molecule has 0 radical (unpaired) electrons. The molecule has 0 heterocycles. The highest BCUT2D eigenvalue weighted by Crippen LogP contribution is 2.35. The van der Waals surface area contributed by atoms with Crippen molar-refractivity contribution in [1.82, 2.24) is 0 Å². The summed E-state index contributed by atoms with van der Waals surface area (Å²) in [4.78, 5) is 0. The van der Waals surface area contributed by atoms with Crippen molar-refractivity contribution < 1.29 is 9.84 Å². The first-order chi connectivity index (χ1) is 8.13. The van der Waals surface area contributed by atoms with Crippen LogP contribution in [0.3, 0.4) is 0 Å². The third-order valence-electron chi connectivity index (χ3n) is 3.56. The van der Waals surface area contributed by atoms with Crippen LogP contribution in [0.1, 0.15) is 30.9 Å². The van der Waals surface area contributed by atoms with Gasteiger partial charge in [0.1, 0.15) is 5.75 Å². The average molecular weight is 300 g/mol. The van der Waals surface area contributed by atoms with Crippen LogP contribution in [0, 0.1) is 5.92 Å². The van der Waals surface area contributed by atoms with E-state index in [9.17, 15) is 5.11 Å². The summed E-state index contributed by atoms with van der Waals surface area (Å²) in [5.74, 6) is 1.14. The van der Waals surface area contributed by atoms with Crippen molar-refractivity contribution in [2.45, 2.75) is 31.4 Å². The van der Waals surface area contributed by atoms with E-state index in [-0.39, 0.29) is 6.04 Å². The van der Waals surface area contributed by atoms with Gasteiger partial charge in [-0.05, 0) is 52.4 Å². The Labute approximate surface area is 110 Å². The number of aliphatic hydroxyl groups excluding tert-OH is 1. The van der Waals surface area contributed by atoms with E-state index in [1.807, 2.05) is 18.2 Å². The number of hydrogen-bond acceptors (Lipinski definition) is 3. The Balaban J connectivity index is 2.12. The molecule has 1 aliphatic carbocycles. The molecule has 1 aromatic carbocycles. The van der Waals surface area contributed by atoms with Gasteiger partial charge in [0.25, 0.3) is 0 Å². The molecule has 17 heavy (non-hydrogen) atoms. The third kappa shape index (κ3) is 2.64. The monoisotopic (exact) mass is 299 g/mol. The number of aliphatic hydroxyl groups is 1. The van der Waals surface area contributed by atoms with E-state index in [1.54, 1.807) is 7.11 Å². The molecule has 4 heteroatoms. The van der Waals surface area contributed by atoms with E-state index in [4.69, 9.17) is 10.5 Å². The minimum absolute atomic E-state index is 0.317. The van der Waals surface area contributed by atoms with Gasteiger partial charge in [0, 0.05) is 0 Å². The maximum Gasteiger partial charge on any atom is 0.133 e. The Kier molecular flexibility index (Phi) is 4.07. The van der Waals surface area contributed by atoms with Gasteiger partial charge in [-0.3, -0.25) is 0 Å². The van der Waals surface area contributed by atoms with Crippen LogP contribution in [-0.2, 0) is 0 Å². The standard InChI is InChI=1S/C13H18BrNO2/c1-17-11-6-5-9(7-10(11)14)12(15)13(16)8-3-2-4-8/h5-8,12-13,16H,2-4,15H2,1H3/t12-,13+/m1/s1. The second-order valence-corrected chi connectivity index (χ2v) is 5.46. The van der Waals surface area contributed by atoms with Crippen LogP contribution < -0.4 is 10.5 Å². The summed E-state index contributed by atoms with van der Waals surface area (Å²) in [6.07, 6.45) is 2.95. The third-order valence-corrected chi connectivity index (χ3v) is 4.18. The van der Waals surface area contributed by atoms with Gasteiger partial charge in [0.15, 0.2) is 0 Å². The molecule has 94 valence electrons. The minimum atomic E-state index is -0.441. The second-order valence-electron chi connectivity index (χ2n) is 4.60. The summed E-state index contributed by atoms with van der Waals surface area (Å²) >= 11 is 3.43. The molecule has 1 aliphatic rings. The van der Waals surface area contributed by atoms with Gasteiger partial charge in [-0.25, -0.2) is 0 Å². The lowest BCUT2D eigenvalue weighted by Gasteiger charge is -2.33. The van der Waals surface area contributed by atoms with Crippen molar-refractivity contribution >= 4 is 15.9 Å². The first-order valence-corrected chi connectivity index (χ1v) is 6.70. The molecule has 0 bridgehead atoms. The summed E-state index contributed by atoms with van der Waals surface area (Å²) in [7, 11) is 1.63. The van der Waals surface area contributed by atoms with E-state index in [2.05, 4.69) is 15.9 Å². The Morgan fingerprint density at radius 3 is 2.65 bits per heavy atom. The Bertz CT molecular complexity index is 393. The van der Waals surface area contributed by atoms with Gasteiger partial charge in [0.2, 0.25) is 0 Å². The molecule has 0 unspecified atom stereocenters. The summed E-state index contributed by atoms with van der Waals surface area (Å²) < 4.78 is 6.04. The van der Waals surface area contributed by atoms with E-state index in [0.29, 0.717) is 5.92 Å². The van der Waals surface area contributed by atoms with Crippen LogP contribution in [0.25, 0.3) is 0 Å². The van der Waals surface area contributed by atoms with Crippen molar-refractivity contribution in [2.24, 2.45) is 11.7 Å². The number of benzene rings is 1. The SMILES string of the molecule is COc1ccc([C@@H](N)[C@@H](O)C2CCC2)cc1Br. The van der Waals surface area contributed by atoms with E-state index >= 15 is 0 Å². The fourth-order valence-electron chi connectivity index (χ4n) is 2.16. The van der Waals surface area contributed by atoms with Gasteiger partial charge in [-0.2, -0.15) is 0 Å². The number of ether oxygens (including phenoxy) is 1. The summed E-state index contributed by atoms with van der Waals surface area (Å²) in [5.41, 5.74) is 7.04. The molecule has 2 atom stereocenters. The van der Waals surface area contributed by atoms with E-state index < -0.39 is 6.10 Å². The number of hydrogen-bond donors (Lipinski definition) is 2. The fraction of sp³-hybridized carbons (Fsp3) is 0.538. The molecule has 3 nitrogen and oxygen atoms in total. The molecule has 1 fully saturated rings. The quantitative estimate of drug-likeness (QED) is 0.898. The van der Waals surface area contributed by atoms with E-state index in [0.717, 1.165) is 28.6 Å². The van der Waals surface area contributed by atoms with Gasteiger partial charge in [-0.15, -0.1) is 0 Å². The van der Waals surface area contributed by atoms with Crippen LogP contribution in [-0.4, -0.2) is 18.3 Å². The zero-order valence-electron chi connectivity index (χ0n) is 9.90. The van der Waals surface area contributed by atoms with Gasteiger partial charge >= 0.3 is 0 Å². The first kappa shape index (κ1) is 12.9. The normalized spacial score (nSPS) is 19.5. The highest BCUT2D eigenvalue weighted by atomic mass is 79.9. The Morgan fingerprint density at radius 1 is 1.47 bits per heavy atom. The van der Waals surface area contributed by atoms with E-state index in [1.165, 1.54) is 6.42 Å². The van der Waals surface area contributed by atoms with Crippen LogP contribution in [0.5, 0.6) is 5.75 Å². The lowest BCUT2D eigenvalue weighted by Crippen LogP contribution is -2.36. The molecule has 0 spiro atoms.